The summed E-state index contributed by atoms with van der Waals surface area (Å²) >= 11 is 8.63. The number of anilines is 1. The van der Waals surface area contributed by atoms with E-state index in [9.17, 15) is 4.79 Å². The molecule has 1 aromatic carbocycles. The third-order valence-corrected chi connectivity index (χ3v) is 2.85. The lowest BCUT2D eigenvalue weighted by atomic mass is 10.1. The molecule has 1 rings (SSSR count). The Morgan fingerprint density at radius 1 is 1.47 bits per heavy atom. The largest absolute Gasteiger partial charge is 0.321 e. The molecule has 17 heavy (non-hydrogen) atoms. The minimum absolute atomic E-state index is 0.0377. The van der Waals surface area contributed by atoms with Gasteiger partial charge in [-0.1, -0.05) is 24.4 Å². The maximum atomic E-state index is 11.8. The highest BCUT2D eigenvalue weighted by molar-refractivity contribution is 8.12. The molecule has 5 heteroatoms. The number of thiol groups is 1. The molecule has 0 heterocycles. The molecule has 88 valence electrons. The van der Waals surface area contributed by atoms with Crippen molar-refractivity contribution in [1.29, 1.82) is 5.41 Å². The molecular weight excluding hydrogens is 252 g/mol. The van der Waals surface area contributed by atoms with E-state index in [-0.39, 0.29) is 9.77 Å². The van der Waals surface area contributed by atoms with Crippen molar-refractivity contribution in [2.45, 2.75) is 13.8 Å². The highest BCUT2D eigenvalue weighted by Gasteiger charge is 2.13. The van der Waals surface area contributed by atoms with E-state index in [0.717, 1.165) is 11.1 Å². The van der Waals surface area contributed by atoms with Crippen molar-refractivity contribution in [3.63, 3.8) is 0 Å². The van der Waals surface area contributed by atoms with Gasteiger partial charge in [0.05, 0.1) is 4.20 Å². The zero-order chi connectivity index (χ0) is 13.0. The zero-order valence-electron chi connectivity index (χ0n) is 9.50. The van der Waals surface area contributed by atoms with Crippen molar-refractivity contribution in [2.75, 3.05) is 5.32 Å². The quantitative estimate of drug-likeness (QED) is 0.340. The van der Waals surface area contributed by atoms with E-state index in [1.807, 2.05) is 31.9 Å². The van der Waals surface area contributed by atoms with E-state index in [2.05, 4.69) is 17.9 Å². The molecule has 0 saturated heterocycles. The molecule has 0 unspecified atom stereocenters. The number of aryl methyl sites for hydroxylation is 1. The maximum absolute atomic E-state index is 11.8. The molecule has 0 radical (unpaired) electrons. The summed E-state index contributed by atoms with van der Waals surface area (Å²) in [4.78, 5) is 11.8. The lowest BCUT2D eigenvalue weighted by molar-refractivity contribution is -0.112. The first-order chi connectivity index (χ1) is 7.97. The molecule has 1 aromatic rings. The topological polar surface area (TPSA) is 53.0 Å². The van der Waals surface area contributed by atoms with Crippen molar-refractivity contribution >= 4 is 46.5 Å². The summed E-state index contributed by atoms with van der Waals surface area (Å²) in [7, 11) is 0. The molecule has 0 bridgehead atoms. The normalized spacial score (nSPS) is 9.35. The highest BCUT2D eigenvalue weighted by Crippen LogP contribution is 2.18. The summed E-state index contributed by atoms with van der Waals surface area (Å²) in [6.45, 7) is 3.87. The van der Waals surface area contributed by atoms with Gasteiger partial charge in [0.25, 0.3) is 5.91 Å². The molecule has 3 nitrogen and oxygen atoms in total. The minimum atomic E-state index is -0.464. The number of rotatable bonds is 3. The van der Waals surface area contributed by atoms with Gasteiger partial charge in [-0.25, -0.2) is 0 Å². The summed E-state index contributed by atoms with van der Waals surface area (Å²) in [6.07, 6.45) is 0. The summed E-state index contributed by atoms with van der Waals surface area (Å²) in [6, 6.07) is 5.61. The summed E-state index contributed by atoms with van der Waals surface area (Å²) < 4.78 is 0.0582. The molecule has 0 fully saturated rings. The van der Waals surface area contributed by atoms with Gasteiger partial charge in [0, 0.05) is 5.69 Å². The van der Waals surface area contributed by atoms with Crippen LogP contribution in [-0.2, 0) is 4.79 Å². The number of hydrogen-bond acceptors (Lipinski definition) is 3. The van der Waals surface area contributed by atoms with Crippen LogP contribution >= 0.6 is 24.8 Å². The standard InChI is InChI=1S/C12H12N2OS2/c1-7-4-3-5-10(8(7)2)14-11(15)9(6-13)12(16)17/h3-5,13H,1-2H3,(H,14,15)(H,16,17). The Kier molecular flexibility index (Phi) is 4.63. The van der Waals surface area contributed by atoms with E-state index in [0.29, 0.717) is 5.69 Å². The number of carbonyl (C=O) groups excluding carboxylic acids is 1. The molecule has 0 atom stereocenters. The predicted molar refractivity (Wildman–Crippen MR) is 77.4 cm³/mol. The first-order valence-electron chi connectivity index (χ1n) is 4.88. The maximum Gasteiger partial charge on any atom is 0.267 e. The van der Waals surface area contributed by atoms with Crippen molar-refractivity contribution in [1.82, 2.24) is 0 Å². The van der Waals surface area contributed by atoms with Gasteiger partial charge in [0.1, 0.15) is 5.57 Å². The Hall–Kier alpha value is -1.42. The number of amides is 1. The lowest BCUT2D eigenvalue weighted by Crippen LogP contribution is -2.18. The number of thiocarbonyl (C=S) groups is 1. The second kappa shape index (κ2) is 5.77. The molecular formula is C12H12N2OS2. The molecule has 0 aliphatic rings. The zero-order valence-corrected chi connectivity index (χ0v) is 11.2. The third kappa shape index (κ3) is 3.27. The summed E-state index contributed by atoms with van der Waals surface area (Å²) in [5.41, 5.74) is 2.73. The Balaban J connectivity index is 3.00. The van der Waals surface area contributed by atoms with Gasteiger partial charge in [-0.3, -0.25) is 10.2 Å². The Morgan fingerprint density at radius 3 is 2.65 bits per heavy atom. The third-order valence-electron chi connectivity index (χ3n) is 2.42. The Labute approximate surface area is 111 Å². The van der Waals surface area contributed by atoms with E-state index in [4.69, 9.17) is 17.6 Å². The van der Waals surface area contributed by atoms with Crippen LogP contribution in [0.4, 0.5) is 5.69 Å². The van der Waals surface area contributed by atoms with Crippen LogP contribution in [0, 0.1) is 19.3 Å². The molecule has 0 spiro atoms. The van der Waals surface area contributed by atoms with Crippen molar-refractivity contribution in [3.8, 4) is 0 Å². The lowest BCUT2D eigenvalue weighted by Gasteiger charge is -2.10. The van der Waals surface area contributed by atoms with E-state index in [1.165, 1.54) is 0 Å². The fourth-order valence-corrected chi connectivity index (χ4v) is 1.58. The summed E-state index contributed by atoms with van der Waals surface area (Å²) in [5.74, 6) is 1.53. The molecule has 1 amide bonds. The van der Waals surface area contributed by atoms with E-state index >= 15 is 0 Å². The fraction of sp³-hybridized carbons (Fsp3) is 0.167. The molecule has 0 aliphatic heterocycles. The molecule has 0 saturated carbocycles. The average molecular weight is 264 g/mol. The predicted octanol–water partition coefficient (Wildman–Crippen LogP) is 2.67. The number of benzene rings is 1. The Morgan fingerprint density at radius 2 is 2.12 bits per heavy atom. The van der Waals surface area contributed by atoms with Crippen LogP contribution in [0.2, 0.25) is 0 Å². The highest BCUT2D eigenvalue weighted by atomic mass is 32.1. The van der Waals surface area contributed by atoms with Crippen LogP contribution in [0.3, 0.4) is 0 Å². The van der Waals surface area contributed by atoms with Gasteiger partial charge in [-0.15, -0.1) is 12.6 Å². The van der Waals surface area contributed by atoms with Gasteiger partial charge < -0.3 is 5.32 Å². The second-order valence-corrected chi connectivity index (χ2v) is 4.66. The van der Waals surface area contributed by atoms with Crippen LogP contribution in [0.15, 0.2) is 23.8 Å². The van der Waals surface area contributed by atoms with Gasteiger partial charge >= 0.3 is 0 Å². The van der Waals surface area contributed by atoms with Gasteiger partial charge in [-0.2, -0.15) is 0 Å². The number of carbonyl (C=O) groups is 1. The van der Waals surface area contributed by atoms with Gasteiger partial charge in [-0.05, 0) is 36.9 Å². The van der Waals surface area contributed by atoms with Crippen LogP contribution < -0.4 is 5.32 Å². The number of nitrogens with one attached hydrogen (secondary N) is 2. The van der Waals surface area contributed by atoms with Crippen LogP contribution in [0.25, 0.3) is 0 Å². The van der Waals surface area contributed by atoms with E-state index < -0.39 is 5.91 Å². The fourth-order valence-electron chi connectivity index (χ4n) is 1.28. The van der Waals surface area contributed by atoms with Crippen molar-refractivity contribution in [3.05, 3.63) is 34.9 Å². The van der Waals surface area contributed by atoms with Crippen LogP contribution in [-0.4, -0.2) is 16.0 Å². The first-order valence-corrected chi connectivity index (χ1v) is 5.73. The SMILES string of the molecule is Cc1cccc(NC(=O)C(=C=N)C(=S)S)c1C. The van der Waals surface area contributed by atoms with Gasteiger partial charge in [0.2, 0.25) is 0 Å². The average Bonchev–Trinajstić information content (AvgIpc) is 2.25. The Bertz CT molecular complexity index is 531. The molecule has 0 aromatic heterocycles. The van der Waals surface area contributed by atoms with E-state index in [1.54, 1.807) is 6.07 Å². The van der Waals surface area contributed by atoms with Crippen LogP contribution in [0.1, 0.15) is 11.1 Å². The first kappa shape index (κ1) is 13.6. The summed E-state index contributed by atoms with van der Waals surface area (Å²) in [5, 5.41) is 9.69. The monoisotopic (exact) mass is 264 g/mol. The minimum Gasteiger partial charge on any atom is -0.321 e. The molecule has 0 aliphatic carbocycles. The van der Waals surface area contributed by atoms with Crippen molar-refractivity contribution in [2.24, 2.45) is 0 Å². The molecule has 2 N–H and O–H groups in total. The second-order valence-electron chi connectivity index (χ2n) is 3.51. The smallest absolute Gasteiger partial charge is 0.267 e. The van der Waals surface area contributed by atoms with Gasteiger partial charge in [0.15, 0.2) is 0 Å². The number of hydrogen-bond donors (Lipinski definition) is 3. The van der Waals surface area contributed by atoms with Crippen molar-refractivity contribution < 1.29 is 4.79 Å². The van der Waals surface area contributed by atoms with Crippen LogP contribution in [0.5, 0.6) is 0 Å².